The van der Waals surface area contributed by atoms with Gasteiger partial charge in [-0.05, 0) is 36.1 Å². The lowest BCUT2D eigenvalue weighted by Crippen LogP contribution is -2.52. The number of hydrogen-bond acceptors (Lipinski definition) is 6. The maximum atomic E-state index is 12.8. The highest BCUT2D eigenvalue weighted by Crippen LogP contribution is 2.22. The highest BCUT2D eigenvalue weighted by Gasteiger charge is 2.32. The molecule has 7 heteroatoms. The van der Waals surface area contributed by atoms with Gasteiger partial charge in [0, 0.05) is 15.8 Å². The fourth-order valence-corrected chi connectivity index (χ4v) is 4.15. The maximum Gasteiger partial charge on any atom is 0.276 e. The maximum absolute atomic E-state index is 12.8. The van der Waals surface area contributed by atoms with Gasteiger partial charge in [0.2, 0.25) is 0 Å². The second kappa shape index (κ2) is 7.47. The number of carbonyl (C=O) groups is 1. The number of thiophene rings is 1. The lowest BCUT2D eigenvalue weighted by Gasteiger charge is -2.32. The molecule has 3 heterocycles. The summed E-state index contributed by atoms with van der Waals surface area (Å²) in [5, 5.41) is 13.6. The molecule has 0 fully saturated rings. The Hall–Kier alpha value is -2.38. The number of hydrazone groups is 1. The van der Waals surface area contributed by atoms with E-state index in [1.165, 1.54) is 0 Å². The Morgan fingerprint density at radius 3 is 3.00 bits per heavy atom. The van der Waals surface area contributed by atoms with Gasteiger partial charge < -0.3 is 0 Å². The molecule has 1 amide bonds. The molecule has 2 aliphatic rings. The van der Waals surface area contributed by atoms with Gasteiger partial charge in [-0.3, -0.25) is 15.1 Å². The molecule has 26 heavy (non-hydrogen) atoms. The predicted molar refractivity (Wildman–Crippen MR) is 108 cm³/mol. The van der Waals surface area contributed by atoms with Gasteiger partial charge in [-0.2, -0.15) is 0 Å². The van der Waals surface area contributed by atoms with E-state index in [4.69, 9.17) is 4.99 Å². The zero-order valence-corrected chi connectivity index (χ0v) is 15.9. The largest absolute Gasteiger partial charge is 0.298 e. The number of hydrogen-bond donors (Lipinski definition) is 1. The van der Waals surface area contributed by atoms with E-state index in [2.05, 4.69) is 23.4 Å². The van der Waals surface area contributed by atoms with Gasteiger partial charge in [-0.25, -0.2) is 5.01 Å². The first-order valence-electron chi connectivity index (χ1n) is 8.47. The van der Waals surface area contributed by atoms with Crippen LogP contribution >= 0.6 is 23.1 Å². The molecule has 0 radical (unpaired) electrons. The first-order chi connectivity index (χ1) is 12.8. The van der Waals surface area contributed by atoms with E-state index in [1.54, 1.807) is 28.1 Å². The Morgan fingerprint density at radius 2 is 2.19 bits per heavy atom. The fourth-order valence-electron chi connectivity index (χ4n) is 2.81. The van der Waals surface area contributed by atoms with Gasteiger partial charge in [0.05, 0.1) is 5.36 Å². The van der Waals surface area contributed by atoms with Crippen LogP contribution in [0.2, 0.25) is 0 Å². The molecular formula is C19H18N4OS2. The van der Waals surface area contributed by atoms with Crippen molar-refractivity contribution >= 4 is 45.9 Å². The lowest BCUT2D eigenvalue weighted by atomic mass is 10.1. The molecule has 1 atom stereocenters. The molecule has 1 N–H and O–H groups in total. The standard InChI is InChI=1S/C19H18N4OS2/c1-2-11-26-19-21-18(24)17-14-7-3-4-8-15(14)20-16(23(17)22-19)10-9-13-6-5-12-25-13/h3-10,12,16H,2,11H2,1H3,(H,21,22,24)/b10-9+. The average Bonchev–Trinajstić information content (AvgIpc) is 3.17. The molecule has 4 rings (SSSR count). The summed E-state index contributed by atoms with van der Waals surface area (Å²) in [5.41, 5.74) is 0.553. The second-order valence-corrected chi connectivity index (χ2v) is 7.90. The third-order valence-electron chi connectivity index (χ3n) is 3.96. The van der Waals surface area contributed by atoms with Crippen molar-refractivity contribution in [2.24, 2.45) is 10.1 Å². The zero-order chi connectivity index (χ0) is 17.9. The van der Waals surface area contributed by atoms with Crippen LogP contribution in [0.5, 0.6) is 0 Å². The van der Waals surface area contributed by atoms with Crippen molar-refractivity contribution in [1.82, 2.24) is 10.3 Å². The van der Waals surface area contributed by atoms with Crippen LogP contribution in [0.15, 0.2) is 57.9 Å². The van der Waals surface area contributed by atoms with Crippen LogP contribution in [0.4, 0.5) is 0 Å². The van der Waals surface area contributed by atoms with E-state index < -0.39 is 0 Å². The molecule has 1 unspecified atom stereocenters. The third-order valence-corrected chi connectivity index (χ3v) is 5.87. The normalized spacial score (nSPS) is 18.9. The molecule has 0 saturated carbocycles. The average molecular weight is 383 g/mol. The van der Waals surface area contributed by atoms with Crippen molar-refractivity contribution in [2.45, 2.75) is 19.5 Å². The molecule has 1 aromatic carbocycles. The number of amidine groups is 1. The topological polar surface area (TPSA) is 57.1 Å². The number of nitrogens with one attached hydrogen (secondary N) is 1. The van der Waals surface area contributed by atoms with Crippen molar-refractivity contribution in [1.29, 1.82) is 0 Å². The monoisotopic (exact) mass is 382 g/mol. The summed E-state index contributed by atoms with van der Waals surface area (Å²) in [6.45, 7) is 2.11. The van der Waals surface area contributed by atoms with Gasteiger partial charge in [0.1, 0.15) is 5.70 Å². The number of amides is 1. The van der Waals surface area contributed by atoms with E-state index in [0.29, 0.717) is 10.9 Å². The SMILES string of the molecule is CCCSC1=NN2C(=c3ccccc3=NC2/C=C/c2cccs2)C(=O)N1. The van der Waals surface area contributed by atoms with Gasteiger partial charge in [0.25, 0.3) is 5.91 Å². The number of nitrogens with zero attached hydrogens (tertiary/aromatic N) is 3. The molecule has 0 spiro atoms. The molecule has 5 nitrogen and oxygen atoms in total. The molecule has 2 aliphatic heterocycles. The number of carbonyl (C=O) groups excluding carboxylic acids is 1. The summed E-state index contributed by atoms with van der Waals surface area (Å²) in [6, 6.07) is 11.8. The molecule has 132 valence electrons. The van der Waals surface area contributed by atoms with E-state index in [-0.39, 0.29) is 12.1 Å². The number of benzene rings is 1. The minimum absolute atomic E-state index is 0.129. The molecule has 0 aliphatic carbocycles. The molecular weight excluding hydrogens is 364 g/mol. The van der Waals surface area contributed by atoms with Crippen LogP contribution in [-0.2, 0) is 4.79 Å². The van der Waals surface area contributed by atoms with Crippen LogP contribution in [0.25, 0.3) is 11.8 Å². The Morgan fingerprint density at radius 1 is 1.31 bits per heavy atom. The summed E-state index contributed by atoms with van der Waals surface area (Å²) in [7, 11) is 0. The Labute approximate surface area is 159 Å². The van der Waals surface area contributed by atoms with E-state index in [0.717, 1.165) is 27.6 Å². The summed E-state index contributed by atoms with van der Waals surface area (Å²) in [4.78, 5) is 18.7. The Kier molecular flexibility index (Phi) is 4.90. The van der Waals surface area contributed by atoms with Gasteiger partial charge >= 0.3 is 0 Å². The third kappa shape index (κ3) is 3.32. The number of fused-ring (bicyclic) bond motifs is 2. The van der Waals surface area contributed by atoms with Crippen LogP contribution in [0, 0.1) is 0 Å². The van der Waals surface area contributed by atoms with E-state index in [1.807, 2.05) is 47.9 Å². The summed E-state index contributed by atoms with van der Waals surface area (Å²) < 4.78 is 0. The first kappa shape index (κ1) is 17.1. The highest BCUT2D eigenvalue weighted by atomic mass is 32.2. The predicted octanol–water partition coefficient (Wildman–Crippen LogP) is 2.38. The van der Waals surface area contributed by atoms with Gasteiger partial charge in [-0.15, -0.1) is 16.4 Å². The van der Waals surface area contributed by atoms with Crippen molar-refractivity contribution in [3.8, 4) is 0 Å². The summed E-state index contributed by atoms with van der Waals surface area (Å²) in [5.74, 6) is 0.779. The van der Waals surface area contributed by atoms with Gasteiger partial charge in [0.15, 0.2) is 11.3 Å². The Bertz CT molecular complexity index is 995. The zero-order valence-electron chi connectivity index (χ0n) is 14.3. The van der Waals surface area contributed by atoms with Crippen molar-refractivity contribution in [3.63, 3.8) is 0 Å². The smallest absolute Gasteiger partial charge is 0.276 e. The van der Waals surface area contributed by atoms with Crippen LogP contribution in [0.3, 0.4) is 0 Å². The quantitative estimate of drug-likeness (QED) is 0.883. The van der Waals surface area contributed by atoms with Crippen LogP contribution in [-0.4, -0.2) is 28.0 Å². The van der Waals surface area contributed by atoms with Crippen molar-refractivity contribution in [2.75, 3.05) is 5.75 Å². The van der Waals surface area contributed by atoms with E-state index in [9.17, 15) is 4.79 Å². The lowest BCUT2D eigenvalue weighted by molar-refractivity contribution is -0.116. The molecule has 0 saturated heterocycles. The first-order valence-corrected chi connectivity index (χ1v) is 10.3. The van der Waals surface area contributed by atoms with Gasteiger partial charge in [-0.1, -0.05) is 43.0 Å². The number of para-hydroxylation sites is 1. The minimum atomic E-state index is -0.342. The summed E-state index contributed by atoms with van der Waals surface area (Å²) >= 11 is 3.22. The van der Waals surface area contributed by atoms with E-state index >= 15 is 0 Å². The molecule has 1 aromatic heterocycles. The second-order valence-electron chi connectivity index (χ2n) is 5.84. The van der Waals surface area contributed by atoms with Crippen molar-refractivity contribution in [3.05, 3.63) is 63.3 Å². The van der Waals surface area contributed by atoms with Crippen LogP contribution < -0.4 is 15.9 Å². The number of rotatable bonds is 4. The minimum Gasteiger partial charge on any atom is -0.298 e. The fraction of sp³-hybridized carbons (Fsp3) is 0.211. The Balaban J connectivity index is 1.79. The molecule has 0 bridgehead atoms. The highest BCUT2D eigenvalue weighted by molar-refractivity contribution is 8.13. The van der Waals surface area contributed by atoms with Crippen molar-refractivity contribution < 1.29 is 4.79 Å². The summed E-state index contributed by atoms with van der Waals surface area (Å²) in [6.07, 6.45) is 4.70. The number of thioether (sulfide) groups is 1. The van der Waals surface area contributed by atoms with Crippen LogP contribution in [0.1, 0.15) is 18.2 Å². The molecule has 2 aromatic rings.